The number of hydrogen-bond acceptors (Lipinski definition) is 5. The number of carbonyl (C=O) groups excluding carboxylic acids is 1. The van der Waals surface area contributed by atoms with Gasteiger partial charge >= 0.3 is 11.4 Å². The highest BCUT2D eigenvalue weighted by molar-refractivity contribution is 5.95. The van der Waals surface area contributed by atoms with Crippen molar-refractivity contribution in [3.8, 4) is 0 Å². The predicted molar refractivity (Wildman–Crippen MR) is 75.3 cm³/mol. The molecule has 0 fully saturated rings. The summed E-state index contributed by atoms with van der Waals surface area (Å²) in [7, 11) is 0. The molecule has 0 N–H and O–H groups in total. The van der Waals surface area contributed by atoms with E-state index in [0.29, 0.717) is 5.56 Å². The number of nitro groups is 1. The van der Waals surface area contributed by atoms with Gasteiger partial charge in [-0.1, -0.05) is 31.2 Å². The SMILES string of the molecule is CCc1ccc(C(=O)Cn2cc([N+](=O)[O-])cnc2=O)cc1. The quantitative estimate of drug-likeness (QED) is 0.473. The maximum absolute atomic E-state index is 12.1. The minimum Gasteiger partial charge on any atom is -0.292 e. The van der Waals surface area contributed by atoms with Crippen LogP contribution in [0.4, 0.5) is 5.69 Å². The summed E-state index contributed by atoms with van der Waals surface area (Å²) in [6, 6.07) is 7.03. The van der Waals surface area contributed by atoms with E-state index in [0.717, 1.165) is 28.9 Å². The Balaban J connectivity index is 2.24. The molecule has 108 valence electrons. The number of aryl methyl sites for hydroxylation is 1. The van der Waals surface area contributed by atoms with Crippen LogP contribution in [0, 0.1) is 10.1 Å². The van der Waals surface area contributed by atoms with Crippen molar-refractivity contribution in [3.63, 3.8) is 0 Å². The monoisotopic (exact) mass is 287 g/mol. The van der Waals surface area contributed by atoms with Crippen LogP contribution in [0.3, 0.4) is 0 Å². The number of ketones is 1. The number of Topliss-reactive ketones (excluding diaryl/α,β-unsaturated/α-hetero) is 1. The Hall–Kier alpha value is -2.83. The minimum absolute atomic E-state index is 0.279. The first-order valence-corrected chi connectivity index (χ1v) is 6.34. The van der Waals surface area contributed by atoms with Crippen LogP contribution in [0.2, 0.25) is 0 Å². The van der Waals surface area contributed by atoms with E-state index in [4.69, 9.17) is 0 Å². The Morgan fingerprint density at radius 1 is 1.33 bits per heavy atom. The van der Waals surface area contributed by atoms with Gasteiger partial charge in [-0.05, 0) is 12.0 Å². The van der Waals surface area contributed by atoms with E-state index in [9.17, 15) is 19.7 Å². The molecule has 2 aromatic rings. The highest BCUT2D eigenvalue weighted by Gasteiger charge is 2.13. The Morgan fingerprint density at radius 3 is 2.57 bits per heavy atom. The first kappa shape index (κ1) is 14.6. The molecule has 2 rings (SSSR count). The fraction of sp³-hybridized carbons (Fsp3) is 0.214. The lowest BCUT2D eigenvalue weighted by atomic mass is 10.1. The average molecular weight is 287 g/mol. The van der Waals surface area contributed by atoms with Gasteiger partial charge in [-0.3, -0.25) is 19.5 Å². The van der Waals surface area contributed by atoms with E-state index in [-0.39, 0.29) is 18.0 Å². The second-order valence-electron chi connectivity index (χ2n) is 4.45. The van der Waals surface area contributed by atoms with Crippen LogP contribution >= 0.6 is 0 Å². The van der Waals surface area contributed by atoms with Crippen molar-refractivity contribution in [2.75, 3.05) is 0 Å². The van der Waals surface area contributed by atoms with Crippen molar-refractivity contribution >= 4 is 11.5 Å². The number of hydrogen-bond donors (Lipinski definition) is 0. The molecule has 1 aromatic heterocycles. The smallest absolute Gasteiger partial charge is 0.292 e. The molecule has 0 unspecified atom stereocenters. The largest absolute Gasteiger partial charge is 0.348 e. The third kappa shape index (κ3) is 3.38. The van der Waals surface area contributed by atoms with Gasteiger partial charge in [-0.2, -0.15) is 4.98 Å². The van der Waals surface area contributed by atoms with Gasteiger partial charge in [0, 0.05) is 5.56 Å². The van der Waals surface area contributed by atoms with Crippen LogP contribution < -0.4 is 5.69 Å². The van der Waals surface area contributed by atoms with Gasteiger partial charge in [0.2, 0.25) is 0 Å². The molecule has 7 heteroatoms. The van der Waals surface area contributed by atoms with E-state index in [1.807, 2.05) is 19.1 Å². The maximum atomic E-state index is 12.1. The lowest BCUT2D eigenvalue weighted by Gasteiger charge is -2.05. The number of carbonyl (C=O) groups is 1. The molecule has 0 aliphatic heterocycles. The number of rotatable bonds is 5. The predicted octanol–water partition coefficient (Wildman–Crippen LogP) is 1.60. The molecular formula is C14H13N3O4. The summed E-state index contributed by atoms with van der Waals surface area (Å²) >= 11 is 0. The Kier molecular flexibility index (Phi) is 4.22. The third-order valence-electron chi connectivity index (χ3n) is 3.05. The van der Waals surface area contributed by atoms with Crippen molar-refractivity contribution in [2.45, 2.75) is 19.9 Å². The van der Waals surface area contributed by atoms with E-state index < -0.39 is 10.6 Å². The van der Waals surface area contributed by atoms with Crippen LogP contribution in [0.1, 0.15) is 22.8 Å². The summed E-state index contributed by atoms with van der Waals surface area (Å²) in [5, 5.41) is 10.7. The first-order chi connectivity index (χ1) is 10.0. The molecule has 21 heavy (non-hydrogen) atoms. The van der Waals surface area contributed by atoms with Crippen molar-refractivity contribution in [3.05, 3.63) is 68.4 Å². The first-order valence-electron chi connectivity index (χ1n) is 6.34. The minimum atomic E-state index is -0.695. The normalized spacial score (nSPS) is 10.3. The van der Waals surface area contributed by atoms with Crippen molar-refractivity contribution in [2.24, 2.45) is 0 Å². The van der Waals surface area contributed by atoms with Crippen LogP contribution in [-0.4, -0.2) is 20.3 Å². The highest BCUT2D eigenvalue weighted by Crippen LogP contribution is 2.08. The van der Waals surface area contributed by atoms with Crippen molar-refractivity contribution < 1.29 is 9.72 Å². The fourth-order valence-corrected chi connectivity index (χ4v) is 1.82. The summed E-state index contributed by atoms with van der Waals surface area (Å²) in [5.41, 5.74) is 0.522. The van der Waals surface area contributed by atoms with Crippen molar-refractivity contribution in [1.82, 2.24) is 9.55 Å². The van der Waals surface area contributed by atoms with E-state index in [2.05, 4.69) is 4.98 Å². The maximum Gasteiger partial charge on any atom is 0.348 e. The zero-order chi connectivity index (χ0) is 15.4. The van der Waals surface area contributed by atoms with E-state index in [1.165, 1.54) is 0 Å². The van der Waals surface area contributed by atoms with Gasteiger partial charge in [-0.25, -0.2) is 4.79 Å². The summed E-state index contributed by atoms with van der Waals surface area (Å²) in [4.78, 5) is 37.0. The van der Waals surface area contributed by atoms with Gasteiger partial charge in [0.05, 0.1) is 17.7 Å². The third-order valence-corrected chi connectivity index (χ3v) is 3.05. The Labute approximate surface area is 120 Å². The van der Waals surface area contributed by atoms with Crippen LogP contribution in [0.15, 0.2) is 41.5 Å². The molecule has 0 saturated carbocycles. The Morgan fingerprint density at radius 2 is 2.00 bits per heavy atom. The molecule has 0 amide bonds. The fourth-order valence-electron chi connectivity index (χ4n) is 1.82. The average Bonchev–Trinajstić information content (AvgIpc) is 2.49. The second-order valence-corrected chi connectivity index (χ2v) is 4.45. The molecule has 1 aromatic carbocycles. The summed E-state index contributed by atoms with van der Waals surface area (Å²) in [5.74, 6) is -0.304. The van der Waals surface area contributed by atoms with Gasteiger partial charge in [0.1, 0.15) is 6.20 Å². The van der Waals surface area contributed by atoms with Gasteiger partial charge in [0.25, 0.3) is 0 Å². The molecule has 7 nitrogen and oxygen atoms in total. The van der Waals surface area contributed by atoms with Gasteiger partial charge in [-0.15, -0.1) is 0 Å². The van der Waals surface area contributed by atoms with Crippen LogP contribution in [-0.2, 0) is 13.0 Å². The lowest BCUT2D eigenvalue weighted by molar-refractivity contribution is -0.385. The second kappa shape index (κ2) is 6.08. The summed E-state index contributed by atoms with van der Waals surface area (Å²) in [6.07, 6.45) is 2.76. The standard InChI is InChI=1S/C14H13N3O4/c1-2-10-3-5-11(6-4-10)13(18)9-16-8-12(17(20)21)7-15-14(16)19/h3-8H,2,9H2,1H3. The number of benzene rings is 1. The van der Waals surface area contributed by atoms with Gasteiger partial charge in [0.15, 0.2) is 5.78 Å². The number of nitrogens with zero attached hydrogens (tertiary/aromatic N) is 3. The molecule has 0 spiro atoms. The molecule has 1 heterocycles. The molecular weight excluding hydrogens is 274 g/mol. The zero-order valence-corrected chi connectivity index (χ0v) is 11.4. The van der Waals surface area contributed by atoms with Gasteiger partial charge < -0.3 is 0 Å². The summed E-state index contributed by atoms with van der Waals surface area (Å²) in [6.45, 7) is 1.73. The zero-order valence-electron chi connectivity index (χ0n) is 11.4. The van der Waals surface area contributed by atoms with Crippen molar-refractivity contribution in [1.29, 1.82) is 0 Å². The van der Waals surface area contributed by atoms with E-state index in [1.54, 1.807) is 12.1 Å². The number of aromatic nitrogens is 2. The molecule has 0 bridgehead atoms. The molecule has 0 atom stereocenters. The topological polar surface area (TPSA) is 95.1 Å². The Bertz CT molecular complexity index is 735. The molecule has 0 aliphatic rings. The molecule has 0 aliphatic carbocycles. The van der Waals surface area contributed by atoms with E-state index >= 15 is 0 Å². The lowest BCUT2D eigenvalue weighted by Crippen LogP contribution is -2.26. The molecule has 0 radical (unpaired) electrons. The van der Waals surface area contributed by atoms with Crippen LogP contribution in [0.25, 0.3) is 0 Å². The highest BCUT2D eigenvalue weighted by atomic mass is 16.6. The molecule has 0 saturated heterocycles. The van der Waals surface area contributed by atoms with Crippen LogP contribution in [0.5, 0.6) is 0 Å². The summed E-state index contributed by atoms with van der Waals surface area (Å²) < 4.78 is 0.939.